The third-order valence-electron chi connectivity index (χ3n) is 2.71. The van der Waals surface area contributed by atoms with E-state index in [0.29, 0.717) is 29.6 Å². The van der Waals surface area contributed by atoms with E-state index in [0.717, 1.165) is 5.69 Å². The molecular weight excluding hydrogens is 246 g/mol. The number of hydrogen-bond donors (Lipinski definition) is 1. The fourth-order valence-electron chi connectivity index (χ4n) is 1.76. The summed E-state index contributed by atoms with van der Waals surface area (Å²) in [4.78, 5) is 4.28. The Hall–Kier alpha value is -2.01. The van der Waals surface area contributed by atoms with E-state index in [9.17, 15) is 0 Å². The number of aryl methyl sites for hydroxylation is 1. The highest BCUT2D eigenvalue weighted by Crippen LogP contribution is 2.26. The van der Waals surface area contributed by atoms with Crippen molar-refractivity contribution in [3.8, 4) is 11.5 Å². The normalized spacial score (nSPS) is 10.5. The van der Waals surface area contributed by atoms with Gasteiger partial charge in [0.25, 0.3) is 0 Å². The van der Waals surface area contributed by atoms with Gasteiger partial charge in [0, 0.05) is 13.0 Å². The Morgan fingerprint density at radius 3 is 2.68 bits per heavy atom. The minimum Gasteiger partial charge on any atom is -0.493 e. The van der Waals surface area contributed by atoms with Crippen LogP contribution in [0.3, 0.4) is 0 Å². The van der Waals surface area contributed by atoms with Crippen LogP contribution in [0.1, 0.15) is 17.3 Å². The summed E-state index contributed by atoms with van der Waals surface area (Å²) in [6, 6.07) is 7.40. The lowest BCUT2D eigenvalue weighted by Crippen LogP contribution is -1.98. The molecule has 0 bridgehead atoms. The van der Waals surface area contributed by atoms with E-state index in [1.165, 1.54) is 0 Å². The second-order valence-electron chi connectivity index (χ2n) is 4.02. The summed E-state index contributed by atoms with van der Waals surface area (Å²) in [5.74, 6) is 2.52. The van der Waals surface area contributed by atoms with Gasteiger partial charge in [0.15, 0.2) is 18.1 Å². The van der Waals surface area contributed by atoms with Crippen molar-refractivity contribution in [3.05, 3.63) is 41.6 Å². The second-order valence-corrected chi connectivity index (χ2v) is 4.02. The van der Waals surface area contributed by atoms with Gasteiger partial charge in [-0.15, -0.1) is 0 Å². The molecule has 0 spiro atoms. The number of aliphatic hydroxyl groups excluding tert-OH is 1. The van der Waals surface area contributed by atoms with Crippen molar-refractivity contribution in [1.82, 2.24) is 4.98 Å². The predicted octanol–water partition coefficient (Wildman–Crippen LogP) is 2.11. The zero-order valence-electron chi connectivity index (χ0n) is 11.0. The van der Waals surface area contributed by atoms with Gasteiger partial charge in [0.1, 0.15) is 5.76 Å². The number of rotatable bonds is 6. The van der Waals surface area contributed by atoms with Gasteiger partial charge in [-0.1, -0.05) is 12.1 Å². The number of methoxy groups -OCH3 is 1. The van der Waals surface area contributed by atoms with Gasteiger partial charge in [0.05, 0.1) is 12.8 Å². The maximum absolute atomic E-state index is 8.90. The molecule has 102 valence electrons. The van der Waals surface area contributed by atoms with Gasteiger partial charge in [-0.3, -0.25) is 0 Å². The molecule has 1 aromatic carbocycles. The average molecular weight is 263 g/mol. The maximum Gasteiger partial charge on any atom is 0.232 e. The zero-order chi connectivity index (χ0) is 13.7. The molecule has 0 saturated carbocycles. The van der Waals surface area contributed by atoms with Gasteiger partial charge >= 0.3 is 0 Å². The number of aromatic nitrogens is 1. The minimum atomic E-state index is 0.0557. The third kappa shape index (κ3) is 3.26. The lowest BCUT2D eigenvalue weighted by Gasteiger charge is -2.08. The Balaban J connectivity index is 2.04. The van der Waals surface area contributed by atoms with Crippen molar-refractivity contribution in [2.24, 2.45) is 0 Å². The average Bonchev–Trinajstić information content (AvgIpc) is 2.78. The standard InChI is InChI=1S/C14H17NO4/c1-10-11(7-8-16)15-14(19-10)9-18-13-6-4-3-5-12(13)17-2/h3-6,16H,7-9H2,1-2H3. The van der Waals surface area contributed by atoms with Gasteiger partial charge in [-0.25, -0.2) is 4.98 Å². The summed E-state index contributed by atoms with van der Waals surface area (Å²) >= 11 is 0. The van der Waals surface area contributed by atoms with Gasteiger partial charge < -0.3 is 19.0 Å². The molecule has 5 nitrogen and oxygen atoms in total. The molecule has 1 heterocycles. The van der Waals surface area contributed by atoms with Crippen molar-refractivity contribution in [2.75, 3.05) is 13.7 Å². The molecular formula is C14H17NO4. The summed E-state index contributed by atoms with van der Waals surface area (Å²) in [5.41, 5.74) is 0.765. The molecule has 2 aromatic rings. The summed E-state index contributed by atoms with van der Waals surface area (Å²) in [7, 11) is 1.59. The molecule has 0 amide bonds. The highest BCUT2D eigenvalue weighted by atomic mass is 16.5. The first-order valence-electron chi connectivity index (χ1n) is 6.06. The lowest BCUT2D eigenvalue weighted by molar-refractivity contribution is 0.248. The fourth-order valence-corrected chi connectivity index (χ4v) is 1.76. The number of oxazole rings is 1. The molecule has 2 rings (SSSR count). The molecule has 0 unspecified atom stereocenters. The van der Waals surface area contributed by atoms with E-state index in [1.54, 1.807) is 7.11 Å². The first-order valence-corrected chi connectivity index (χ1v) is 6.06. The zero-order valence-corrected chi connectivity index (χ0v) is 11.0. The highest BCUT2D eigenvalue weighted by Gasteiger charge is 2.10. The first kappa shape index (κ1) is 13.4. The lowest BCUT2D eigenvalue weighted by atomic mass is 10.3. The number of ether oxygens (including phenoxy) is 2. The molecule has 0 aliphatic heterocycles. The molecule has 1 aromatic heterocycles. The van der Waals surface area contributed by atoms with E-state index >= 15 is 0 Å². The molecule has 0 radical (unpaired) electrons. The Bertz CT molecular complexity index is 536. The van der Waals surface area contributed by atoms with E-state index in [-0.39, 0.29) is 13.2 Å². The van der Waals surface area contributed by atoms with Crippen molar-refractivity contribution < 1.29 is 19.0 Å². The topological polar surface area (TPSA) is 64.7 Å². The van der Waals surface area contributed by atoms with Crippen molar-refractivity contribution >= 4 is 0 Å². The number of hydrogen-bond acceptors (Lipinski definition) is 5. The maximum atomic E-state index is 8.90. The minimum absolute atomic E-state index is 0.0557. The van der Waals surface area contributed by atoms with E-state index in [4.69, 9.17) is 19.0 Å². The Morgan fingerprint density at radius 1 is 1.26 bits per heavy atom. The van der Waals surface area contributed by atoms with E-state index < -0.39 is 0 Å². The van der Waals surface area contributed by atoms with Crippen LogP contribution in [0.2, 0.25) is 0 Å². The van der Waals surface area contributed by atoms with Crippen LogP contribution in [0.25, 0.3) is 0 Å². The van der Waals surface area contributed by atoms with Crippen LogP contribution < -0.4 is 9.47 Å². The SMILES string of the molecule is COc1ccccc1OCc1nc(CCO)c(C)o1. The van der Waals surface area contributed by atoms with E-state index in [2.05, 4.69) is 4.98 Å². The smallest absolute Gasteiger partial charge is 0.232 e. The van der Waals surface area contributed by atoms with Crippen molar-refractivity contribution in [1.29, 1.82) is 0 Å². The Labute approximate surface area is 111 Å². The quantitative estimate of drug-likeness (QED) is 0.864. The number of nitrogens with zero attached hydrogens (tertiary/aromatic N) is 1. The summed E-state index contributed by atoms with van der Waals surface area (Å²) in [5, 5.41) is 8.90. The summed E-state index contributed by atoms with van der Waals surface area (Å²) in [6.07, 6.45) is 0.490. The summed E-state index contributed by atoms with van der Waals surface area (Å²) < 4.78 is 16.3. The van der Waals surface area contributed by atoms with Gasteiger partial charge in [-0.05, 0) is 19.1 Å². The predicted molar refractivity (Wildman–Crippen MR) is 69.4 cm³/mol. The van der Waals surface area contributed by atoms with Crippen molar-refractivity contribution in [3.63, 3.8) is 0 Å². The third-order valence-corrected chi connectivity index (χ3v) is 2.71. The van der Waals surface area contributed by atoms with Gasteiger partial charge in [-0.2, -0.15) is 0 Å². The highest BCUT2D eigenvalue weighted by molar-refractivity contribution is 5.39. The van der Waals surface area contributed by atoms with Crippen LogP contribution in [-0.4, -0.2) is 23.8 Å². The van der Waals surface area contributed by atoms with Crippen LogP contribution in [0.15, 0.2) is 28.7 Å². The monoisotopic (exact) mass is 263 g/mol. The first-order chi connectivity index (χ1) is 9.24. The Kier molecular flexibility index (Phi) is 4.41. The molecule has 0 atom stereocenters. The van der Waals surface area contributed by atoms with Crippen LogP contribution in [0.4, 0.5) is 0 Å². The molecule has 0 aliphatic rings. The molecule has 1 N–H and O–H groups in total. The number of aliphatic hydroxyl groups is 1. The number of benzene rings is 1. The molecule has 19 heavy (non-hydrogen) atoms. The fraction of sp³-hybridized carbons (Fsp3) is 0.357. The molecule has 0 aliphatic carbocycles. The molecule has 0 fully saturated rings. The molecule has 5 heteroatoms. The van der Waals surface area contributed by atoms with Crippen LogP contribution >= 0.6 is 0 Å². The largest absolute Gasteiger partial charge is 0.493 e. The van der Waals surface area contributed by atoms with Crippen LogP contribution in [0.5, 0.6) is 11.5 Å². The molecule has 0 saturated heterocycles. The van der Waals surface area contributed by atoms with Crippen LogP contribution in [0, 0.1) is 6.92 Å². The Morgan fingerprint density at radius 2 is 2.00 bits per heavy atom. The van der Waals surface area contributed by atoms with E-state index in [1.807, 2.05) is 31.2 Å². The number of para-hydroxylation sites is 2. The summed E-state index contributed by atoms with van der Waals surface area (Å²) in [6.45, 7) is 2.11. The van der Waals surface area contributed by atoms with Crippen molar-refractivity contribution in [2.45, 2.75) is 20.0 Å². The van der Waals surface area contributed by atoms with Crippen LogP contribution in [-0.2, 0) is 13.0 Å². The second kappa shape index (κ2) is 6.24. The van der Waals surface area contributed by atoms with Gasteiger partial charge in [0.2, 0.25) is 5.89 Å².